The van der Waals surface area contributed by atoms with E-state index in [4.69, 9.17) is 0 Å². The zero-order chi connectivity index (χ0) is 24.5. The summed E-state index contributed by atoms with van der Waals surface area (Å²) in [6, 6.07) is 44.0. The molecule has 2 aliphatic rings. The van der Waals surface area contributed by atoms with E-state index in [0.29, 0.717) is 5.56 Å². The van der Waals surface area contributed by atoms with Crippen molar-refractivity contribution in [2.75, 3.05) is 0 Å². The summed E-state index contributed by atoms with van der Waals surface area (Å²) in [7, 11) is 0. The van der Waals surface area contributed by atoms with E-state index in [1.165, 1.54) is 50.1 Å². The molecule has 0 saturated heterocycles. The fourth-order valence-electron chi connectivity index (χ4n) is 6.77. The first-order valence-corrected chi connectivity index (χ1v) is 12.5. The molecule has 5 aromatic rings. The van der Waals surface area contributed by atoms with Crippen LogP contribution in [0.15, 0.2) is 115 Å². The summed E-state index contributed by atoms with van der Waals surface area (Å²) in [5.74, 6) is 0. The van der Waals surface area contributed by atoms with E-state index in [1.54, 1.807) is 0 Å². The second kappa shape index (κ2) is 7.30. The summed E-state index contributed by atoms with van der Waals surface area (Å²) in [5.41, 5.74) is 13.3. The van der Waals surface area contributed by atoms with E-state index in [1.807, 2.05) is 12.1 Å². The van der Waals surface area contributed by atoms with Gasteiger partial charge in [0.15, 0.2) is 0 Å². The third kappa shape index (κ3) is 2.54. The molecule has 0 radical (unpaired) electrons. The molecule has 0 heterocycles. The molecule has 1 nitrogen and oxygen atoms in total. The summed E-state index contributed by atoms with van der Waals surface area (Å²) in [4.78, 5) is 0. The molecule has 36 heavy (non-hydrogen) atoms. The predicted molar refractivity (Wildman–Crippen MR) is 146 cm³/mol. The number of hydrogen-bond donors (Lipinski definition) is 0. The van der Waals surface area contributed by atoms with Crippen molar-refractivity contribution in [3.05, 3.63) is 154 Å². The van der Waals surface area contributed by atoms with Crippen molar-refractivity contribution in [1.82, 2.24) is 0 Å². The molecule has 0 saturated carbocycles. The minimum atomic E-state index is -0.349. The molecule has 1 heteroatoms. The Morgan fingerprint density at radius 2 is 1.00 bits per heavy atom. The van der Waals surface area contributed by atoms with Gasteiger partial charge < -0.3 is 0 Å². The number of nitriles is 1. The standard InChI is InChI=1S/C35H25N/c1-34(2)30-13-7-8-14-31(30)35(28-11-5-3-9-26(28)27-10-4-6-12-29(27)35)32-20-19-25(21-33(32)34)24-17-15-23(22-36)16-18-24/h3-21H,1-2H3. The number of rotatable bonds is 1. The molecule has 170 valence electrons. The smallest absolute Gasteiger partial charge is 0.0991 e. The second-order valence-electron chi connectivity index (χ2n) is 10.5. The van der Waals surface area contributed by atoms with Crippen LogP contribution in [0.1, 0.15) is 52.8 Å². The van der Waals surface area contributed by atoms with Gasteiger partial charge in [0.2, 0.25) is 0 Å². The predicted octanol–water partition coefficient (Wildman–Crippen LogP) is 8.23. The largest absolute Gasteiger partial charge is 0.192 e. The lowest BCUT2D eigenvalue weighted by Crippen LogP contribution is -2.40. The molecule has 0 aromatic heterocycles. The lowest BCUT2D eigenvalue weighted by Gasteiger charge is -2.46. The van der Waals surface area contributed by atoms with E-state index in [-0.39, 0.29) is 10.8 Å². The molecule has 0 atom stereocenters. The molecule has 2 aliphatic carbocycles. The minimum absolute atomic E-state index is 0.160. The SMILES string of the molecule is CC1(C)c2ccccc2C2(c3ccccc3-c3ccccc32)c2ccc(-c3ccc(C#N)cc3)cc21. The van der Waals surface area contributed by atoms with Crippen molar-refractivity contribution < 1.29 is 0 Å². The van der Waals surface area contributed by atoms with Gasteiger partial charge in [0.25, 0.3) is 0 Å². The normalized spacial score (nSPS) is 15.4. The topological polar surface area (TPSA) is 23.8 Å². The Morgan fingerprint density at radius 1 is 0.500 bits per heavy atom. The lowest BCUT2D eigenvalue weighted by atomic mass is 9.55. The van der Waals surface area contributed by atoms with Crippen LogP contribution in [0, 0.1) is 11.3 Å². The maximum Gasteiger partial charge on any atom is 0.0991 e. The van der Waals surface area contributed by atoms with E-state index in [0.717, 1.165) is 5.56 Å². The number of benzene rings is 5. The fourth-order valence-corrected chi connectivity index (χ4v) is 6.77. The second-order valence-corrected chi connectivity index (χ2v) is 10.5. The van der Waals surface area contributed by atoms with Gasteiger partial charge >= 0.3 is 0 Å². The molecule has 0 unspecified atom stereocenters. The van der Waals surface area contributed by atoms with Crippen molar-refractivity contribution in [2.24, 2.45) is 0 Å². The van der Waals surface area contributed by atoms with Crippen LogP contribution in [0.25, 0.3) is 22.3 Å². The molecule has 7 rings (SSSR count). The third-order valence-corrected chi connectivity index (χ3v) is 8.40. The van der Waals surface area contributed by atoms with Gasteiger partial charge in [0.05, 0.1) is 17.0 Å². The van der Waals surface area contributed by atoms with E-state index < -0.39 is 0 Å². The van der Waals surface area contributed by atoms with Crippen LogP contribution in [0.5, 0.6) is 0 Å². The van der Waals surface area contributed by atoms with Gasteiger partial charge in [0.1, 0.15) is 0 Å². The first-order chi connectivity index (χ1) is 17.6. The third-order valence-electron chi connectivity index (χ3n) is 8.40. The highest BCUT2D eigenvalue weighted by Crippen LogP contribution is 2.62. The molecule has 5 aromatic carbocycles. The van der Waals surface area contributed by atoms with Crippen LogP contribution in [0.2, 0.25) is 0 Å². The van der Waals surface area contributed by atoms with Crippen LogP contribution in [-0.4, -0.2) is 0 Å². The van der Waals surface area contributed by atoms with Crippen molar-refractivity contribution in [2.45, 2.75) is 24.7 Å². The fraction of sp³-hybridized carbons (Fsp3) is 0.114. The Bertz CT molecular complexity index is 1670. The average molecular weight is 460 g/mol. The molecule has 0 N–H and O–H groups in total. The van der Waals surface area contributed by atoms with Gasteiger partial charge in [-0.25, -0.2) is 0 Å². The summed E-state index contributed by atoms with van der Waals surface area (Å²) in [5, 5.41) is 9.25. The van der Waals surface area contributed by atoms with Crippen molar-refractivity contribution in [3.63, 3.8) is 0 Å². The highest BCUT2D eigenvalue weighted by molar-refractivity contribution is 5.88. The van der Waals surface area contributed by atoms with Gasteiger partial charge in [-0.2, -0.15) is 5.26 Å². The van der Waals surface area contributed by atoms with Crippen molar-refractivity contribution in [1.29, 1.82) is 5.26 Å². The molecule has 0 amide bonds. The van der Waals surface area contributed by atoms with Crippen LogP contribution >= 0.6 is 0 Å². The molecule has 0 bridgehead atoms. The maximum absolute atomic E-state index is 9.25. The van der Waals surface area contributed by atoms with Gasteiger partial charge in [-0.1, -0.05) is 111 Å². The molecule has 0 aliphatic heterocycles. The zero-order valence-corrected chi connectivity index (χ0v) is 20.4. The monoisotopic (exact) mass is 459 g/mol. The van der Waals surface area contributed by atoms with Crippen LogP contribution in [-0.2, 0) is 10.8 Å². The summed E-state index contributed by atoms with van der Waals surface area (Å²) < 4.78 is 0. The van der Waals surface area contributed by atoms with E-state index >= 15 is 0 Å². The molecular weight excluding hydrogens is 434 g/mol. The van der Waals surface area contributed by atoms with Gasteiger partial charge in [-0.3, -0.25) is 0 Å². The molecule has 0 fully saturated rings. The Kier molecular flexibility index (Phi) is 4.24. The maximum atomic E-state index is 9.25. The Hall–Kier alpha value is -4.41. The Balaban J connectivity index is 1.60. The summed E-state index contributed by atoms with van der Waals surface area (Å²) in [6.45, 7) is 4.71. The Labute approximate surface area is 212 Å². The summed E-state index contributed by atoms with van der Waals surface area (Å²) >= 11 is 0. The highest BCUT2D eigenvalue weighted by atomic mass is 14.5. The quantitative estimate of drug-likeness (QED) is 0.243. The van der Waals surface area contributed by atoms with Crippen LogP contribution in [0.3, 0.4) is 0 Å². The molecular formula is C35H25N. The minimum Gasteiger partial charge on any atom is -0.192 e. The van der Waals surface area contributed by atoms with Crippen molar-refractivity contribution in [3.8, 4) is 28.3 Å². The lowest BCUT2D eigenvalue weighted by molar-refractivity contribution is 0.563. The van der Waals surface area contributed by atoms with E-state index in [9.17, 15) is 5.26 Å². The van der Waals surface area contributed by atoms with Gasteiger partial charge in [-0.15, -0.1) is 0 Å². The number of nitrogens with zero attached hydrogens (tertiary/aromatic N) is 1. The highest BCUT2D eigenvalue weighted by Gasteiger charge is 2.53. The zero-order valence-electron chi connectivity index (χ0n) is 20.4. The van der Waals surface area contributed by atoms with Crippen molar-refractivity contribution >= 4 is 0 Å². The van der Waals surface area contributed by atoms with Gasteiger partial charge in [0, 0.05) is 5.41 Å². The first kappa shape index (κ1) is 20.9. The molecule has 1 spiro atoms. The van der Waals surface area contributed by atoms with E-state index in [2.05, 4.69) is 123 Å². The Morgan fingerprint density at radius 3 is 1.61 bits per heavy atom. The number of fused-ring (bicyclic) bond motifs is 9. The summed E-state index contributed by atoms with van der Waals surface area (Å²) in [6.07, 6.45) is 0. The van der Waals surface area contributed by atoms with Crippen LogP contribution in [0.4, 0.5) is 0 Å². The van der Waals surface area contributed by atoms with Gasteiger partial charge in [-0.05, 0) is 73.8 Å². The van der Waals surface area contributed by atoms with Crippen LogP contribution < -0.4 is 0 Å². The number of hydrogen-bond acceptors (Lipinski definition) is 1. The first-order valence-electron chi connectivity index (χ1n) is 12.5. The average Bonchev–Trinajstić information content (AvgIpc) is 3.23.